The molecular formula is C25H33N5O. The normalized spacial score (nSPS) is 24.6. The van der Waals surface area contributed by atoms with Gasteiger partial charge in [0.15, 0.2) is 0 Å². The molecule has 6 heteroatoms. The lowest BCUT2D eigenvalue weighted by Crippen LogP contribution is -2.42. The second kappa shape index (κ2) is 9.35. The van der Waals surface area contributed by atoms with Gasteiger partial charge in [-0.25, -0.2) is 9.97 Å². The summed E-state index contributed by atoms with van der Waals surface area (Å²) in [4.78, 5) is 29.9. The van der Waals surface area contributed by atoms with E-state index in [1.165, 1.54) is 24.8 Å². The predicted octanol–water partition coefficient (Wildman–Crippen LogP) is 3.30. The largest absolute Gasteiger partial charge is 0.342 e. The van der Waals surface area contributed by atoms with E-state index in [9.17, 15) is 4.79 Å². The molecule has 3 saturated heterocycles. The molecule has 5 rings (SSSR count). The van der Waals surface area contributed by atoms with Gasteiger partial charge in [0.1, 0.15) is 0 Å². The van der Waals surface area contributed by atoms with E-state index in [0.717, 1.165) is 70.3 Å². The van der Waals surface area contributed by atoms with Gasteiger partial charge in [-0.2, -0.15) is 0 Å². The van der Waals surface area contributed by atoms with Crippen LogP contribution in [-0.2, 0) is 11.3 Å². The number of benzene rings is 1. The lowest BCUT2D eigenvalue weighted by Gasteiger charge is -2.31. The zero-order chi connectivity index (χ0) is 21.0. The summed E-state index contributed by atoms with van der Waals surface area (Å²) in [6.45, 7) is 6.43. The van der Waals surface area contributed by atoms with E-state index >= 15 is 0 Å². The fraction of sp³-hybridized carbons (Fsp3) is 0.560. The zero-order valence-corrected chi connectivity index (χ0v) is 18.3. The highest BCUT2D eigenvalue weighted by Crippen LogP contribution is 2.35. The Hall–Kier alpha value is -2.47. The van der Waals surface area contributed by atoms with Crippen LogP contribution in [0, 0.1) is 5.92 Å². The van der Waals surface area contributed by atoms with Crippen molar-refractivity contribution in [2.45, 2.75) is 44.6 Å². The summed E-state index contributed by atoms with van der Waals surface area (Å²) in [5.74, 6) is 1.26. The third-order valence-electron chi connectivity index (χ3n) is 7.06. The average molecular weight is 420 g/mol. The number of aromatic nitrogens is 2. The SMILES string of the molecule is O=C([C@H]1CN(Cc2ccccc2)C[C@@H]1c1ccnc(N2CCCC2)n1)N1CCCCC1. The zero-order valence-electron chi connectivity index (χ0n) is 18.3. The molecule has 164 valence electrons. The average Bonchev–Trinajstić information content (AvgIpc) is 3.51. The summed E-state index contributed by atoms with van der Waals surface area (Å²) in [5, 5.41) is 0. The Balaban J connectivity index is 1.39. The third-order valence-corrected chi connectivity index (χ3v) is 7.06. The van der Waals surface area contributed by atoms with E-state index in [1.807, 2.05) is 12.3 Å². The number of amides is 1. The first-order valence-corrected chi connectivity index (χ1v) is 11.9. The molecule has 1 aromatic carbocycles. The van der Waals surface area contributed by atoms with Gasteiger partial charge >= 0.3 is 0 Å². The minimum atomic E-state index is -0.0249. The molecule has 3 aliphatic rings. The molecule has 0 saturated carbocycles. The molecular weight excluding hydrogens is 386 g/mol. The van der Waals surface area contributed by atoms with Crippen molar-refractivity contribution < 1.29 is 4.79 Å². The number of rotatable bonds is 5. The second-order valence-corrected chi connectivity index (χ2v) is 9.25. The second-order valence-electron chi connectivity index (χ2n) is 9.25. The van der Waals surface area contributed by atoms with Gasteiger partial charge in [0.05, 0.1) is 11.6 Å². The summed E-state index contributed by atoms with van der Waals surface area (Å²) in [6, 6.07) is 12.6. The molecule has 0 bridgehead atoms. The number of piperidine rings is 1. The van der Waals surface area contributed by atoms with Crippen molar-refractivity contribution in [3.63, 3.8) is 0 Å². The lowest BCUT2D eigenvalue weighted by atomic mass is 9.91. The fourth-order valence-electron chi connectivity index (χ4n) is 5.39. The molecule has 4 heterocycles. The monoisotopic (exact) mass is 419 g/mol. The minimum Gasteiger partial charge on any atom is -0.342 e. The van der Waals surface area contributed by atoms with Crippen molar-refractivity contribution in [2.75, 3.05) is 44.2 Å². The molecule has 0 N–H and O–H groups in total. The first-order valence-electron chi connectivity index (χ1n) is 11.9. The Morgan fingerprint density at radius 2 is 1.65 bits per heavy atom. The fourth-order valence-corrected chi connectivity index (χ4v) is 5.39. The molecule has 0 unspecified atom stereocenters. The van der Waals surface area contributed by atoms with Crippen LogP contribution in [0.5, 0.6) is 0 Å². The van der Waals surface area contributed by atoms with Crippen LogP contribution in [-0.4, -0.2) is 64.9 Å². The van der Waals surface area contributed by atoms with E-state index in [2.05, 4.69) is 50.0 Å². The first-order chi connectivity index (χ1) is 15.3. The van der Waals surface area contributed by atoms with E-state index in [-0.39, 0.29) is 11.8 Å². The highest BCUT2D eigenvalue weighted by molar-refractivity contribution is 5.80. The van der Waals surface area contributed by atoms with Crippen LogP contribution in [0.2, 0.25) is 0 Å². The number of hydrogen-bond donors (Lipinski definition) is 0. The molecule has 1 amide bonds. The molecule has 0 radical (unpaired) electrons. The summed E-state index contributed by atoms with van der Waals surface area (Å²) in [6.07, 6.45) is 7.80. The number of carbonyl (C=O) groups is 1. The van der Waals surface area contributed by atoms with Crippen molar-refractivity contribution in [1.82, 2.24) is 19.8 Å². The number of anilines is 1. The Morgan fingerprint density at radius 3 is 2.42 bits per heavy atom. The maximum Gasteiger partial charge on any atom is 0.227 e. The topological polar surface area (TPSA) is 52.6 Å². The van der Waals surface area contributed by atoms with E-state index < -0.39 is 0 Å². The van der Waals surface area contributed by atoms with Gasteiger partial charge in [-0.1, -0.05) is 30.3 Å². The Labute approximate surface area is 185 Å². The van der Waals surface area contributed by atoms with Crippen LogP contribution in [0.1, 0.15) is 49.3 Å². The van der Waals surface area contributed by atoms with Gasteiger partial charge in [-0.3, -0.25) is 9.69 Å². The maximum atomic E-state index is 13.6. The van der Waals surface area contributed by atoms with Gasteiger partial charge in [0, 0.05) is 57.9 Å². The van der Waals surface area contributed by atoms with Crippen LogP contribution in [0.3, 0.4) is 0 Å². The minimum absolute atomic E-state index is 0.0249. The Kier molecular flexibility index (Phi) is 6.16. The maximum absolute atomic E-state index is 13.6. The molecule has 31 heavy (non-hydrogen) atoms. The third kappa shape index (κ3) is 4.59. The van der Waals surface area contributed by atoms with Gasteiger partial charge in [0.25, 0.3) is 0 Å². The smallest absolute Gasteiger partial charge is 0.227 e. The van der Waals surface area contributed by atoms with Crippen LogP contribution >= 0.6 is 0 Å². The Morgan fingerprint density at radius 1 is 0.903 bits per heavy atom. The number of hydrogen-bond acceptors (Lipinski definition) is 5. The van der Waals surface area contributed by atoms with Crippen molar-refractivity contribution in [3.05, 3.63) is 53.9 Å². The van der Waals surface area contributed by atoms with Gasteiger partial charge in [0.2, 0.25) is 11.9 Å². The molecule has 6 nitrogen and oxygen atoms in total. The quantitative estimate of drug-likeness (QED) is 0.744. The van der Waals surface area contributed by atoms with Crippen molar-refractivity contribution in [2.24, 2.45) is 5.92 Å². The highest BCUT2D eigenvalue weighted by atomic mass is 16.2. The molecule has 2 aromatic rings. The molecule has 2 atom stereocenters. The summed E-state index contributed by atoms with van der Waals surface area (Å²) in [7, 11) is 0. The lowest BCUT2D eigenvalue weighted by molar-refractivity contribution is -0.136. The molecule has 3 aliphatic heterocycles. The number of carbonyl (C=O) groups excluding carboxylic acids is 1. The summed E-state index contributed by atoms with van der Waals surface area (Å²) in [5.41, 5.74) is 2.33. The standard InChI is InChI=1S/C25H33N5O/c31-24(29-13-5-2-6-14-29)22-19-28(17-20-9-3-1-4-10-20)18-21(22)23-11-12-26-25(27-23)30-15-7-8-16-30/h1,3-4,9-12,21-22H,2,5-8,13-19H2/t21-,22-/m0/s1. The van der Waals surface area contributed by atoms with Gasteiger partial charge < -0.3 is 9.80 Å². The van der Waals surface area contributed by atoms with E-state index in [4.69, 9.17) is 4.98 Å². The van der Waals surface area contributed by atoms with Crippen molar-refractivity contribution in [3.8, 4) is 0 Å². The van der Waals surface area contributed by atoms with E-state index in [0.29, 0.717) is 5.91 Å². The predicted molar refractivity (Wildman–Crippen MR) is 122 cm³/mol. The molecule has 3 fully saturated rings. The number of likely N-dealkylation sites (tertiary alicyclic amines) is 2. The van der Waals surface area contributed by atoms with E-state index in [1.54, 1.807) is 0 Å². The van der Waals surface area contributed by atoms with Crippen LogP contribution < -0.4 is 4.90 Å². The van der Waals surface area contributed by atoms with Crippen molar-refractivity contribution in [1.29, 1.82) is 0 Å². The Bertz CT molecular complexity index is 876. The summed E-state index contributed by atoms with van der Waals surface area (Å²) >= 11 is 0. The van der Waals surface area contributed by atoms with Crippen LogP contribution in [0.4, 0.5) is 5.95 Å². The van der Waals surface area contributed by atoms with Crippen molar-refractivity contribution >= 4 is 11.9 Å². The molecule has 0 spiro atoms. The number of nitrogens with zero attached hydrogens (tertiary/aromatic N) is 5. The van der Waals surface area contributed by atoms with Crippen LogP contribution in [0.25, 0.3) is 0 Å². The highest BCUT2D eigenvalue weighted by Gasteiger charge is 2.41. The summed E-state index contributed by atoms with van der Waals surface area (Å²) < 4.78 is 0. The van der Waals surface area contributed by atoms with Gasteiger partial charge in [-0.05, 0) is 43.7 Å². The molecule has 0 aliphatic carbocycles. The van der Waals surface area contributed by atoms with Crippen LogP contribution in [0.15, 0.2) is 42.6 Å². The first kappa shape index (κ1) is 20.4. The molecule has 1 aromatic heterocycles. The van der Waals surface area contributed by atoms with Gasteiger partial charge in [-0.15, -0.1) is 0 Å².